The second-order valence-corrected chi connectivity index (χ2v) is 6.34. The first-order valence-electron chi connectivity index (χ1n) is 8.35. The molecule has 8 nitrogen and oxygen atoms in total. The highest BCUT2D eigenvalue weighted by molar-refractivity contribution is 6.44. The SMILES string of the molecule is CC[C@@H](N)C(=O)N1CC(Oc2ccc3c(c2C(=O)O)OB(O)CC3)C1. The van der Waals surface area contributed by atoms with Gasteiger partial charge in [-0.25, -0.2) is 4.79 Å². The zero-order valence-electron chi connectivity index (χ0n) is 14.0. The summed E-state index contributed by atoms with van der Waals surface area (Å²) in [5.41, 5.74) is 6.37. The van der Waals surface area contributed by atoms with Crippen LogP contribution in [0.15, 0.2) is 12.1 Å². The van der Waals surface area contributed by atoms with Gasteiger partial charge in [0.25, 0.3) is 0 Å². The van der Waals surface area contributed by atoms with Gasteiger partial charge in [0, 0.05) is 0 Å². The van der Waals surface area contributed by atoms with E-state index in [2.05, 4.69) is 0 Å². The van der Waals surface area contributed by atoms with E-state index >= 15 is 0 Å². The second-order valence-electron chi connectivity index (χ2n) is 6.34. The monoisotopic (exact) mass is 348 g/mol. The summed E-state index contributed by atoms with van der Waals surface area (Å²) in [6, 6.07) is 2.83. The van der Waals surface area contributed by atoms with Gasteiger partial charge < -0.3 is 30.2 Å². The van der Waals surface area contributed by atoms with E-state index in [9.17, 15) is 19.7 Å². The van der Waals surface area contributed by atoms with Crippen LogP contribution in [0.25, 0.3) is 0 Å². The minimum absolute atomic E-state index is 0.0914. The Hall–Kier alpha value is -2.26. The van der Waals surface area contributed by atoms with Crippen molar-refractivity contribution in [2.45, 2.75) is 38.2 Å². The maximum Gasteiger partial charge on any atom is 0.522 e. The Morgan fingerprint density at radius 2 is 2.20 bits per heavy atom. The van der Waals surface area contributed by atoms with Crippen molar-refractivity contribution in [1.82, 2.24) is 4.90 Å². The van der Waals surface area contributed by atoms with Crippen LogP contribution in [-0.4, -0.2) is 59.3 Å². The third kappa shape index (κ3) is 3.43. The highest BCUT2D eigenvalue weighted by Crippen LogP contribution is 2.37. The Labute approximate surface area is 145 Å². The average Bonchev–Trinajstić information content (AvgIpc) is 2.55. The molecule has 0 spiro atoms. The van der Waals surface area contributed by atoms with E-state index in [0.717, 1.165) is 5.56 Å². The van der Waals surface area contributed by atoms with Gasteiger partial charge in [-0.3, -0.25) is 4.79 Å². The molecule has 0 aliphatic carbocycles. The molecule has 2 aliphatic rings. The molecule has 1 saturated heterocycles. The molecule has 9 heteroatoms. The van der Waals surface area contributed by atoms with Crippen LogP contribution in [0.5, 0.6) is 11.5 Å². The fraction of sp³-hybridized carbons (Fsp3) is 0.500. The van der Waals surface area contributed by atoms with Crippen molar-refractivity contribution in [2.24, 2.45) is 5.73 Å². The molecule has 4 N–H and O–H groups in total. The van der Waals surface area contributed by atoms with Crippen LogP contribution in [0.2, 0.25) is 6.32 Å². The normalized spacial score (nSPS) is 18.0. The maximum absolute atomic E-state index is 12.0. The van der Waals surface area contributed by atoms with Crippen molar-refractivity contribution in [2.75, 3.05) is 13.1 Å². The molecule has 3 rings (SSSR count). The van der Waals surface area contributed by atoms with Crippen molar-refractivity contribution in [3.63, 3.8) is 0 Å². The number of hydrogen-bond donors (Lipinski definition) is 3. The van der Waals surface area contributed by atoms with Crippen molar-refractivity contribution < 1.29 is 29.1 Å². The van der Waals surface area contributed by atoms with Crippen molar-refractivity contribution in [1.29, 1.82) is 0 Å². The number of nitrogens with two attached hydrogens (primary N) is 1. The first-order chi connectivity index (χ1) is 11.9. The van der Waals surface area contributed by atoms with E-state index in [-0.39, 0.29) is 29.1 Å². The van der Waals surface area contributed by atoms with E-state index in [0.29, 0.717) is 32.3 Å². The van der Waals surface area contributed by atoms with Gasteiger partial charge in [-0.15, -0.1) is 0 Å². The molecule has 134 valence electrons. The average molecular weight is 348 g/mol. The number of hydrogen-bond acceptors (Lipinski definition) is 6. The van der Waals surface area contributed by atoms with Gasteiger partial charge in [-0.05, 0) is 30.8 Å². The minimum Gasteiger partial charge on any atom is -0.535 e. The van der Waals surface area contributed by atoms with Crippen LogP contribution >= 0.6 is 0 Å². The lowest BCUT2D eigenvalue weighted by atomic mass is 9.78. The highest BCUT2D eigenvalue weighted by atomic mass is 16.5. The number of fused-ring (bicyclic) bond motifs is 1. The fourth-order valence-electron chi connectivity index (χ4n) is 3.00. The first-order valence-corrected chi connectivity index (χ1v) is 8.35. The topological polar surface area (TPSA) is 122 Å². The van der Waals surface area contributed by atoms with Gasteiger partial charge in [-0.1, -0.05) is 13.0 Å². The smallest absolute Gasteiger partial charge is 0.522 e. The highest BCUT2D eigenvalue weighted by Gasteiger charge is 2.36. The Bertz CT molecular complexity index is 691. The summed E-state index contributed by atoms with van der Waals surface area (Å²) in [5.74, 6) is -0.972. The fourth-order valence-corrected chi connectivity index (χ4v) is 3.00. The molecule has 1 fully saturated rings. The van der Waals surface area contributed by atoms with E-state index in [1.807, 2.05) is 6.92 Å². The van der Waals surface area contributed by atoms with Crippen molar-refractivity contribution in [3.05, 3.63) is 23.3 Å². The van der Waals surface area contributed by atoms with Gasteiger partial charge >= 0.3 is 13.1 Å². The number of ether oxygens (including phenoxy) is 1. The van der Waals surface area contributed by atoms with E-state index < -0.39 is 19.1 Å². The van der Waals surface area contributed by atoms with Crippen LogP contribution in [0.1, 0.15) is 29.3 Å². The minimum atomic E-state index is -1.18. The molecule has 1 atom stereocenters. The van der Waals surface area contributed by atoms with E-state index in [4.69, 9.17) is 15.1 Å². The summed E-state index contributed by atoms with van der Waals surface area (Å²) >= 11 is 0. The quantitative estimate of drug-likeness (QED) is 0.646. The number of carboxylic acid groups (broad SMARTS) is 1. The zero-order chi connectivity index (χ0) is 18.1. The number of carboxylic acids is 1. The molecule has 0 radical (unpaired) electrons. The number of carbonyl (C=O) groups excluding carboxylic acids is 1. The zero-order valence-corrected chi connectivity index (χ0v) is 14.0. The number of likely N-dealkylation sites (tertiary alicyclic amines) is 1. The van der Waals surface area contributed by atoms with Crippen LogP contribution in [0.3, 0.4) is 0 Å². The largest absolute Gasteiger partial charge is 0.535 e. The van der Waals surface area contributed by atoms with Crippen molar-refractivity contribution >= 4 is 19.0 Å². The van der Waals surface area contributed by atoms with Gasteiger partial charge in [0.05, 0.1) is 19.1 Å². The lowest BCUT2D eigenvalue weighted by Gasteiger charge is -2.40. The summed E-state index contributed by atoms with van der Waals surface area (Å²) in [5, 5.41) is 19.2. The molecular weight excluding hydrogens is 327 g/mol. The molecule has 25 heavy (non-hydrogen) atoms. The van der Waals surface area contributed by atoms with Crippen LogP contribution in [-0.2, 0) is 11.2 Å². The predicted molar refractivity (Wildman–Crippen MR) is 89.8 cm³/mol. The van der Waals surface area contributed by atoms with Crippen LogP contribution < -0.4 is 15.1 Å². The molecule has 2 heterocycles. The molecule has 0 aromatic heterocycles. The summed E-state index contributed by atoms with van der Waals surface area (Å²) in [7, 11) is -1.02. The lowest BCUT2D eigenvalue weighted by molar-refractivity contribution is -0.141. The third-order valence-electron chi connectivity index (χ3n) is 4.54. The van der Waals surface area contributed by atoms with Crippen LogP contribution in [0, 0.1) is 0 Å². The Morgan fingerprint density at radius 1 is 1.48 bits per heavy atom. The number of aryl methyl sites for hydroxylation is 1. The number of amides is 1. The number of aromatic carboxylic acids is 1. The van der Waals surface area contributed by atoms with Gasteiger partial charge in [0.2, 0.25) is 5.91 Å². The van der Waals surface area contributed by atoms with Crippen molar-refractivity contribution in [3.8, 4) is 11.5 Å². The maximum atomic E-state index is 12.0. The second kappa shape index (κ2) is 6.93. The Balaban J connectivity index is 1.73. The first kappa shape index (κ1) is 17.6. The molecule has 0 bridgehead atoms. The predicted octanol–water partition coefficient (Wildman–Crippen LogP) is 0.127. The molecular formula is C16H21BN2O6. The molecule has 1 amide bonds. The molecule has 1 aromatic rings. The summed E-state index contributed by atoms with van der Waals surface area (Å²) < 4.78 is 11.1. The molecule has 1 aromatic carbocycles. The summed E-state index contributed by atoms with van der Waals surface area (Å²) in [6.07, 6.45) is 1.23. The summed E-state index contributed by atoms with van der Waals surface area (Å²) in [4.78, 5) is 25.2. The Morgan fingerprint density at radius 3 is 2.84 bits per heavy atom. The number of carbonyl (C=O) groups is 2. The van der Waals surface area contributed by atoms with Gasteiger partial charge in [-0.2, -0.15) is 0 Å². The molecule has 0 unspecified atom stereocenters. The number of nitrogens with zero attached hydrogens (tertiary/aromatic N) is 1. The third-order valence-corrected chi connectivity index (χ3v) is 4.54. The van der Waals surface area contributed by atoms with Crippen LogP contribution in [0.4, 0.5) is 0 Å². The van der Waals surface area contributed by atoms with E-state index in [1.165, 1.54) is 0 Å². The number of rotatable bonds is 5. The Kier molecular flexibility index (Phi) is 4.87. The molecule has 2 aliphatic heterocycles. The van der Waals surface area contributed by atoms with Gasteiger partial charge in [0.1, 0.15) is 23.2 Å². The summed E-state index contributed by atoms with van der Waals surface area (Å²) in [6.45, 7) is 2.58. The van der Waals surface area contributed by atoms with Gasteiger partial charge in [0.15, 0.2) is 0 Å². The number of benzene rings is 1. The standard InChI is InChI=1S/C16H21BN2O6/c1-2-11(18)15(20)19-7-10(8-19)24-12-4-3-9-5-6-17(23)25-14(9)13(12)16(21)22/h3-4,10-11,23H,2,5-8,18H2,1H3,(H,21,22)/t11-/m1/s1. The van der Waals surface area contributed by atoms with E-state index in [1.54, 1.807) is 17.0 Å². The lowest BCUT2D eigenvalue weighted by Crippen LogP contribution is -2.59. The molecule has 0 saturated carbocycles.